The molecule has 1 aliphatic carbocycles. The summed E-state index contributed by atoms with van der Waals surface area (Å²) in [5.74, 6) is -0.817. The van der Waals surface area contributed by atoms with Crippen molar-refractivity contribution in [2.75, 3.05) is 0 Å². The third kappa shape index (κ3) is 2.73. The van der Waals surface area contributed by atoms with E-state index < -0.39 is 12.1 Å². The van der Waals surface area contributed by atoms with E-state index in [1.807, 2.05) is 6.07 Å². The van der Waals surface area contributed by atoms with Gasteiger partial charge in [-0.3, -0.25) is 0 Å². The second-order valence-corrected chi connectivity index (χ2v) is 6.63. The molecule has 0 saturated carbocycles. The van der Waals surface area contributed by atoms with Crippen LogP contribution in [0.4, 0.5) is 0 Å². The highest BCUT2D eigenvalue weighted by atomic mass is 32.1. The van der Waals surface area contributed by atoms with Gasteiger partial charge in [0.15, 0.2) is 0 Å². The number of ether oxygens (including phenoxy) is 2. The van der Waals surface area contributed by atoms with Gasteiger partial charge in [0, 0.05) is 11.3 Å². The van der Waals surface area contributed by atoms with E-state index in [0.717, 1.165) is 12.8 Å². The lowest BCUT2D eigenvalue weighted by Crippen LogP contribution is -2.22. The molecule has 2 aliphatic rings. The van der Waals surface area contributed by atoms with E-state index in [-0.39, 0.29) is 12.1 Å². The number of fused-ring (bicyclic) bond motifs is 1. The van der Waals surface area contributed by atoms with Gasteiger partial charge in [-0.25, -0.2) is 9.59 Å². The summed E-state index contributed by atoms with van der Waals surface area (Å²) in [6.07, 6.45) is 5.28. The Balaban J connectivity index is 1.70. The molecule has 4 nitrogen and oxygen atoms in total. The lowest BCUT2D eigenvalue weighted by molar-refractivity contribution is -0.147. The van der Waals surface area contributed by atoms with Crippen LogP contribution < -0.4 is 0 Å². The molecule has 0 bridgehead atoms. The van der Waals surface area contributed by atoms with Crippen LogP contribution in [0.25, 0.3) is 0 Å². The SMILES string of the molecule is C[C@H]1C[C@H](OC(=O)c2cc3c(s2)CCCCC3)C(=O)O1. The van der Waals surface area contributed by atoms with Gasteiger partial charge in [0.05, 0.1) is 0 Å². The third-order valence-electron chi connectivity index (χ3n) is 3.82. The maximum absolute atomic E-state index is 12.1. The van der Waals surface area contributed by atoms with Crippen LogP contribution in [0.1, 0.15) is 52.7 Å². The molecule has 0 spiro atoms. The number of esters is 2. The highest BCUT2D eigenvalue weighted by Crippen LogP contribution is 2.30. The molecule has 3 rings (SSSR count). The van der Waals surface area contributed by atoms with Crippen molar-refractivity contribution in [2.45, 2.75) is 57.7 Å². The summed E-state index contributed by atoms with van der Waals surface area (Å²) in [6, 6.07) is 1.94. The topological polar surface area (TPSA) is 52.6 Å². The second kappa shape index (κ2) is 5.56. The smallest absolute Gasteiger partial charge is 0.349 e. The number of carbonyl (C=O) groups excluding carboxylic acids is 2. The molecule has 0 N–H and O–H groups in total. The molecular formula is C15H18O4S. The van der Waals surface area contributed by atoms with E-state index in [4.69, 9.17) is 9.47 Å². The number of cyclic esters (lactones) is 1. The number of rotatable bonds is 2. The largest absolute Gasteiger partial charge is 0.460 e. The Bertz CT molecular complexity index is 510. The predicted octanol–water partition coefficient (Wildman–Crippen LogP) is 2.88. The molecule has 0 radical (unpaired) electrons. The zero-order chi connectivity index (χ0) is 14.1. The zero-order valence-electron chi connectivity index (χ0n) is 11.5. The van der Waals surface area contributed by atoms with E-state index in [2.05, 4.69) is 0 Å². The molecule has 108 valence electrons. The fourth-order valence-corrected chi connectivity index (χ4v) is 3.91. The van der Waals surface area contributed by atoms with Crippen molar-refractivity contribution < 1.29 is 19.1 Å². The first kappa shape index (κ1) is 13.6. The van der Waals surface area contributed by atoms with Crippen LogP contribution in [-0.2, 0) is 27.1 Å². The molecule has 1 aromatic rings. The van der Waals surface area contributed by atoms with Gasteiger partial charge < -0.3 is 9.47 Å². The van der Waals surface area contributed by atoms with Gasteiger partial charge in [0.2, 0.25) is 6.10 Å². The van der Waals surface area contributed by atoms with Crippen LogP contribution in [0.5, 0.6) is 0 Å². The van der Waals surface area contributed by atoms with E-state index in [0.29, 0.717) is 11.3 Å². The van der Waals surface area contributed by atoms with Gasteiger partial charge in [0.1, 0.15) is 11.0 Å². The van der Waals surface area contributed by atoms with Crippen molar-refractivity contribution in [2.24, 2.45) is 0 Å². The molecule has 20 heavy (non-hydrogen) atoms. The van der Waals surface area contributed by atoms with E-state index in [9.17, 15) is 9.59 Å². The van der Waals surface area contributed by atoms with Crippen LogP contribution in [-0.4, -0.2) is 24.1 Å². The molecule has 1 aliphatic heterocycles. The highest BCUT2D eigenvalue weighted by molar-refractivity contribution is 7.14. The molecule has 0 amide bonds. The molecule has 1 aromatic heterocycles. The minimum absolute atomic E-state index is 0.166. The van der Waals surface area contributed by atoms with Gasteiger partial charge in [-0.1, -0.05) is 6.42 Å². The van der Waals surface area contributed by atoms with Crippen LogP contribution in [0.2, 0.25) is 0 Å². The molecule has 1 fully saturated rings. The summed E-state index contributed by atoms with van der Waals surface area (Å²) in [7, 11) is 0. The molecule has 0 unspecified atom stereocenters. The van der Waals surface area contributed by atoms with E-state index >= 15 is 0 Å². The Morgan fingerprint density at radius 3 is 2.90 bits per heavy atom. The number of aryl methyl sites for hydroxylation is 2. The van der Waals surface area contributed by atoms with Crippen molar-refractivity contribution in [3.63, 3.8) is 0 Å². The summed E-state index contributed by atoms with van der Waals surface area (Å²) < 4.78 is 10.3. The number of hydrogen-bond donors (Lipinski definition) is 0. The predicted molar refractivity (Wildman–Crippen MR) is 75.0 cm³/mol. The average Bonchev–Trinajstić information content (AvgIpc) is 2.86. The fourth-order valence-electron chi connectivity index (χ4n) is 2.77. The minimum Gasteiger partial charge on any atom is -0.460 e. The van der Waals surface area contributed by atoms with Crippen molar-refractivity contribution >= 4 is 23.3 Å². The van der Waals surface area contributed by atoms with Crippen molar-refractivity contribution in [1.29, 1.82) is 0 Å². The highest BCUT2D eigenvalue weighted by Gasteiger charge is 2.35. The Hall–Kier alpha value is -1.36. The Labute approximate surface area is 122 Å². The monoisotopic (exact) mass is 294 g/mol. The first-order valence-electron chi connectivity index (χ1n) is 7.16. The van der Waals surface area contributed by atoms with Crippen molar-refractivity contribution in [1.82, 2.24) is 0 Å². The number of thiophene rings is 1. The lowest BCUT2D eigenvalue weighted by Gasteiger charge is -2.06. The lowest BCUT2D eigenvalue weighted by atomic mass is 10.1. The van der Waals surface area contributed by atoms with E-state index in [1.165, 1.54) is 41.0 Å². The van der Waals surface area contributed by atoms with Crippen LogP contribution in [0.15, 0.2) is 6.07 Å². The van der Waals surface area contributed by atoms with Crippen LogP contribution >= 0.6 is 11.3 Å². The van der Waals surface area contributed by atoms with Gasteiger partial charge in [-0.2, -0.15) is 0 Å². The molecular weight excluding hydrogens is 276 g/mol. The van der Waals surface area contributed by atoms with Gasteiger partial charge in [0.25, 0.3) is 0 Å². The van der Waals surface area contributed by atoms with Gasteiger partial charge >= 0.3 is 11.9 Å². The standard InChI is InChI=1S/C15H18O4S/c1-9-7-11(14(16)18-9)19-15(17)13-8-10-5-3-2-4-6-12(10)20-13/h8-9,11H,2-7H2,1H3/t9-,11-/m0/s1. The number of carbonyl (C=O) groups is 2. The Morgan fingerprint density at radius 1 is 1.35 bits per heavy atom. The van der Waals surface area contributed by atoms with Crippen molar-refractivity contribution in [3.8, 4) is 0 Å². The first-order valence-corrected chi connectivity index (χ1v) is 7.98. The van der Waals surface area contributed by atoms with Gasteiger partial charge in [-0.05, 0) is 44.2 Å². The molecule has 2 atom stereocenters. The summed E-state index contributed by atoms with van der Waals surface area (Å²) in [5, 5.41) is 0. The normalized spacial score (nSPS) is 25.8. The molecule has 5 heteroatoms. The molecule has 2 heterocycles. The first-order chi connectivity index (χ1) is 9.63. The van der Waals surface area contributed by atoms with Crippen LogP contribution in [0, 0.1) is 0 Å². The Kier molecular flexibility index (Phi) is 3.78. The summed E-state index contributed by atoms with van der Waals surface area (Å²) in [5.41, 5.74) is 1.28. The maximum Gasteiger partial charge on any atom is 0.349 e. The van der Waals surface area contributed by atoms with Gasteiger partial charge in [-0.15, -0.1) is 11.3 Å². The summed E-state index contributed by atoms with van der Waals surface area (Å²) >= 11 is 1.52. The maximum atomic E-state index is 12.1. The second-order valence-electron chi connectivity index (χ2n) is 5.50. The summed E-state index contributed by atoms with van der Waals surface area (Å²) in [6.45, 7) is 1.80. The Morgan fingerprint density at radius 2 is 2.15 bits per heavy atom. The number of hydrogen-bond acceptors (Lipinski definition) is 5. The van der Waals surface area contributed by atoms with E-state index in [1.54, 1.807) is 6.92 Å². The zero-order valence-corrected chi connectivity index (χ0v) is 12.3. The van der Waals surface area contributed by atoms with Crippen LogP contribution in [0.3, 0.4) is 0 Å². The quantitative estimate of drug-likeness (QED) is 0.621. The molecule has 1 saturated heterocycles. The average molecular weight is 294 g/mol. The van der Waals surface area contributed by atoms with Crippen molar-refractivity contribution in [3.05, 3.63) is 21.4 Å². The summed E-state index contributed by atoms with van der Waals surface area (Å²) in [4.78, 5) is 25.6. The third-order valence-corrected chi connectivity index (χ3v) is 5.04. The minimum atomic E-state index is -0.737. The molecule has 0 aromatic carbocycles. The fraction of sp³-hybridized carbons (Fsp3) is 0.600.